The summed E-state index contributed by atoms with van der Waals surface area (Å²) in [7, 11) is -13.5. The summed E-state index contributed by atoms with van der Waals surface area (Å²) in [5.41, 5.74) is 0. The highest BCUT2D eigenvalue weighted by Crippen LogP contribution is 2.30. The van der Waals surface area contributed by atoms with E-state index in [4.69, 9.17) is 30.0 Å². The van der Waals surface area contributed by atoms with Crippen molar-refractivity contribution in [1.82, 2.24) is 0 Å². The van der Waals surface area contributed by atoms with Crippen molar-refractivity contribution >= 4 is 56.8 Å². The summed E-state index contributed by atoms with van der Waals surface area (Å²) < 4.78 is 44.3. The van der Waals surface area contributed by atoms with Crippen LogP contribution >= 0.6 is 0 Å². The summed E-state index contributed by atoms with van der Waals surface area (Å²) in [5, 5.41) is 0. The summed E-state index contributed by atoms with van der Waals surface area (Å²) in [6.45, 7) is 33.8. The third-order valence-corrected chi connectivity index (χ3v) is 25.7. The lowest BCUT2D eigenvalue weighted by Gasteiger charge is -2.44. The van der Waals surface area contributed by atoms with Crippen LogP contribution in [0.4, 0.5) is 0 Å². The number of hydrogen-bond donors (Lipinski definition) is 0. The molecule has 2 atom stereocenters. The van der Waals surface area contributed by atoms with E-state index in [-0.39, 0.29) is 12.0 Å². The van der Waals surface area contributed by atoms with Crippen LogP contribution in [0.25, 0.3) is 0 Å². The quantitative estimate of drug-likeness (QED) is 0.0693. The molecule has 0 saturated carbocycles. The molecule has 0 fully saturated rings. The van der Waals surface area contributed by atoms with E-state index in [0.717, 1.165) is 19.3 Å². The number of carbonyl (C=O) groups excluding carboxylic acids is 1. The normalized spacial score (nSPS) is 16.3. The first-order chi connectivity index (χ1) is 16.6. The second kappa shape index (κ2) is 16.5. The number of carbonyl (C=O) groups is 1. The molecule has 0 N–H and O–H groups in total. The van der Waals surface area contributed by atoms with Gasteiger partial charge in [0, 0.05) is 6.61 Å². The predicted octanol–water partition coefficient (Wildman–Crippen LogP) is 7.01. The molecule has 37 heavy (non-hydrogen) atoms. The number of esters is 1. The average Bonchev–Trinajstić information content (AvgIpc) is 2.63. The molecule has 0 aromatic carbocycles. The van der Waals surface area contributed by atoms with Crippen molar-refractivity contribution in [3.05, 3.63) is 13.2 Å². The maximum Gasteiger partial charge on any atom is 0.344 e. The Kier molecular flexibility index (Phi) is 17.6. The standard InChI is InChI=1S/C21H54O8Si6.C2H4/c1-15-16-17-18-24-20-35(14,28-33(11,12)26-31(6,7)8)29-34(13,19-21(22)23-2)27-32(9,10)25-30(3,4)5;1-2/h15-20H2,1-14H3;1-2H2. The molecule has 0 spiro atoms. The van der Waals surface area contributed by atoms with E-state index in [1.807, 2.05) is 26.2 Å². The lowest BCUT2D eigenvalue weighted by molar-refractivity contribution is -0.138. The Labute approximate surface area is 235 Å². The van der Waals surface area contributed by atoms with E-state index in [0.29, 0.717) is 12.8 Å². The van der Waals surface area contributed by atoms with Gasteiger partial charge >= 0.3 is 40.2 Å². The van der Waals surface area contributed by atoms with Crippen molar-refractivity contribution < 1.29 is 34.8 Å². The highest BCUT2D eigenvalue weighted by Gasteiger charge is 2.52. The van der Waals surface area contributed by atoms with E-state index >= 15 is 0 Å². The fourth-order valence-electron chi connectivity index (χ4n) is 4.23. The lowest BCUT2D eigenvalue weighted by Crippen LogP contribution is -2.63. The minimum Gasteiger partial charge on any atom is -0.469 e. The van der Waals surface area contributed by atoms with E-state index in [1.165, 1.54) is 7.11 Å². The molecular formula is C23H58O8Si6. The van der Waals surface area contributed by atoms with Crippen LogP contribution < -0.4 is 0 Å². The Morgan fingerprint density at radius 1 is 0.649 bits per heavy atom. The van der Waals surface area contributed by atoms with Gasteiger partial charge < -0.3 is 30.0 Å². The highest BCUT2D eigenvalue weighted by atomic mass is 28.5. The maximum absolute atomic E-state index is 12.5. The zero-order valence-corrected chi connectivity index (χ0v) is 32.4. The Hall–Kier alpha value is 0.271. The first-order valence-corrected chi connectivity index (χ1v) is 30.7. The van der Waals surface area contributed by atoms with Crippen LogP contribution in [0.3, 0.4) is 0 Å². The molecule has 0 aliphatic heterocycles. The molecule has 222 valence electrons. The fraction of sp³-hybridized carbons (Fsp3) is 0.870. The number of rotatable bonds is 18. The molecular weight excluding hydrogens is 573 g/mol. The Balaban J connectivity index is 0. The number of hydrogen-bond acceptors (Lipinski definition) is 8. The zero-order chi connectivity index (χ0) is 29.8. The number of methoxy groups -OCH3 is 1. The fourth-order valence-corrected chi connectivity index (χ4v) is 32.4. The molecule has 0 aliphatic rings. The van der Waals surface area contributed by atoms with Crippen LogP contribution in [0.1, 0.15) is 26.2 Å². The van der Waals surface area contributed by atoms with Gasteiger partial charge in [-0.1, -0.05) is 19.8 Å². The SMILES string of the molecule is C=C.CCCCCOC[Si](C)(O[Si](C)(C)O[Si](C)(C)C)O[Si](C)(CC(=O)OC)O[Si](C)(C)O[Si](C)(C)C. The maximum atomic E-state index is 12.5. The van der Waals surface area contributed by atoms with Gasteiger partial charge in [0.15, 0.2) is 16.6 Å². The van der Waals surface area contributed by atoms with Crippen LogP contribution in [0.5, 0.6) is 0 Å². The number of unbranched alkanes of at least 4 members (excludes halogenated alkanes) is 2. The first kappa shape index (κ1) is 39.4. The molecule has 0 aromatic heterocycles. The smallest absolute Gasteiger partial charge is 0.344 e. The predicted molar refractivity (Wildman–Crippen MR) is 169 cm³/mol. The Morgan fingerprint density at radius 3 is 1.46 bits per heavy atom. The molecule has 14 heteroatoms. The molecule has 0 bridgehead atoms. The van der Waals surface area contributed by atoms with E-state index < -0.39 is 50.9 Å². The molecule has 8 nitrogen and oxygen atoms in total. The van der Waals surface area contributed by atoms with Crippen LogP contribution in [0, 0.1) is 0 Å². The van der Waals surface area contributed by atoms with Gasteiger partial charge in [0.1, 0.15) is 0 Å². The summed E-state index contributed by atoms with van der Waals surface area (Å²) in [6.07, 6.45) is 3.59. The van der Waals surface area contributed by atoms with Gasteiger partial charge in [-0.2, -0.15) is 0 Å². The second-order valence-corrected chi connectivity index (χ2v) is 35.6. The van der Waals surface area contributed by atoms with Crippen molar-refractivity contribution in [3.8, 4) is 0 Å². The van der Waals surface area contributed by atoms with Gasteiger partial charge in [-0.25, -0.2) is 0 Å². The van der Waals surface area contributed by atoms with Crippen LogP contribution in [-0.2, 0) is 34.8 Å². The summed E-state index contributed by atoms with van der Waals surface area (Å²) in [6, 6.07) is 0.0631. The summed E-state index contributed by atoms with van der Waals surface area (Å²) in [4.78, 5) is 12.5. The summed E-state index contributed by atoms with van der Waals surface area (Å²) >= 11 is 0. The van der Waals surface area contributed by atoms with E-state index in [2.05, 4.69) is 72.5 Å². The lowest BCUT2D eigenvalue weighted by atomic mass is 10.3. The zero-order valence-electron chi connectivity index (χ0n) is 26.4. The Bertz CT molecular complexity index is 669. The van der Waals surface area contributed by atoms with E-state index in [9.17, 15) is 4.79 Å². The van der Waals surface area contributed by atoms with Crippen LogP contribution in [0.2, 0.25) is 84.6 Å². The first-order valence-electron chi connectivity index (χ1n) is 13.2. The topological polar surface area (TPSA) is 81.7 Å². The molecule has 0 amide bonds. The van der Waals surface area contributed by atoms with Gasteiger partial charge in [-0.3, -0.25) is 4.79 Å². The third-order valence-electron chi connectivity index (χ3n) is 4.41. The van der Waals surface area contributed by atoms with Crippen molar-refractivity contribution in [2.24, 2.45) is 0 Å². The van der Waals surface area contributed by atoms with Gasteiger partial charge in [-0.05, 0) is 85.0 Å². The molecule has 0 aromatic rings. The van der Waals surface area contributed by atoms with Crippen LogP contribution in [-0.4, -0.2) is 76.8 Å². The molecule has 0 radical (unpaired) electrons. The molecule has 0 aliphatic carbocycles. The third kappa shape index (κ3) is 20.8. The molecule has 0 rings (SSSR count). The molecule has 0 heterocycles. The molecule has 0 saturated heterocycles. The van der Waals surface area contributed by atoms with E-state index in [1.54, 1.807) is 0 Å². The van der Waals surface area contributed by atoms with Gasteiger partial charge in [0.05, 0.1) is 19.4 Å². The van der Waals surface area contributed by atoms with Crippen molar-refractivity contribution in [2.45, 2.75) is 111 Å². The second-order valence-electron chi connectivity index (χ2n) is 12.3. The number of ether oxygens (including phenoxy) is 2. The summed E-state index contributed by atoms with van der Waals surface area (Å²) in [5.74, 6) is -0.355. The monoisotopic (exact) mass is 630 g/mol. The van der Waals surface area contributed by atoms with Crippen molar-refractivity contribution in [2.75, 3.05) is 19.9 Å². The van der Waals surface area contributed by atoms with Gasteiger partial charge in [0.2, 0.25) is 0 Å². The minimum atomic E-state index is -3.12. The van der Waals surface area contributed by atoms with Crippen molar-refractivity contribution in [3.63, 3.8) is 0 Å². The largest absolute Gasteiger partial charge is 0.469 e. The van der Waals surface area contributed by atoms with Gasteiger partial charge in [0.25, 0.3) is 0 Å². The van der Waals surface area contributed by atoms with Crippen LogP contribution in [0.15, 0.2) is 13.2 Å². The minimum absolute atomic E-state index is 0.0631. The Morgan fingerprint density at radius 2 is 1.08 bits per heavy atom. The van der Waals surface area contributed by atoms with Gasteiger partial charge in [-0.15, -0.1) is 13.2 Å². The molecule has 2 unspecified atom stereocenters. The highest BCUT2D eigenvalue weighted by molar-refractivity contribution is 6.92. The average molecular weight is 631 g/mol. The van der Waals surface area contributed by atoms with Crippen molar-refractivity contribution in [1.29, 1.82) is 0 Å².